The fraction of sp³-hybridized carbons (Fsp3) is 0.588. The van der Waals surface area contributed by atoms with E-state index in [0.717, 1.165) is 19.6 Å². The lowest BCUT2D eigenvalue weighted by Crippen LogP contribution is -2.61. The summed E-state index contributed by atoms with van der Waals surface area (Å²) in [7, 11) is 2.03. The van der Waals surface area contributed by atoms with Crippen LogP contribution in [0.15, 0.2) is 24.3 Å². The number of para-hydroxylation sites is 1. The van der Waals surface area contributed by atoms with Crippen molar-refractivity contribution in [3.05, 3.63) is 30.0 Å². The van der Waals surface area contributed by atoms with Crippen LogP contribution in [0.5, 0.6) is 0 Å². The summed E-state index contributed by atoms with van der Waals surface area (Å²) in [6.07, 6.45) is 1.18. The van der Waals surface area contributed by atoms with Gasteiger partial charge in [0.25, 0.3) is 0 Å². The Morgan fingerprint density at radius 2 is 2.10 bits per heavy atom. The van der Waals surface area contributed by atoms with Crippen LogP contribution in [0, 0.1) is 0 Å². The minimum absolute atomic E-state index is 0.171. The fourth-order valence-electron chi connectivity index (χ4n) is 3.22. The summed E-state index contributed by atoms with van der Waals surface area (Å²) in [5.74, 6) is 0. The summed E-state index contributed by atoms with van der Waals surface area (Å²) in [5.41, 5.74) is 2.58. The van der Waals surface area contributed by atoms with Crippen LogP contribution < -0.4 is 5.32 Å². The quantitative estimate of drug-likeness (QED) is 0.941. The maximum absolute atomic E-state index is 4.75. The molecular weight excluding hydrogens is 260 g/mol. The molecule has 2 aromatic rings. The van der Waals surface area contributed by atoms with Gasteiger partial charge in [-0.2, -0.15) is 5.10 Å². The summed E-state index contributed by atoms with van der Waals surface area (Å²) in [6, 6.07) is 9.10. The van der Waals surface area contributed by atoms with Gasteiger partial charge in [-0.15, -0.1) is 0 Å². The summed E-state index contributed by atoms with van der Waals surface area (Å²) < 4.78 is 2.00. The van der Waals surface area contributed by atoms with Crippen molar-refractivity contribution in [1.82, 2.24) is 20.0 Å². The first-order valence-electron chi connectivity index (χ1n) is 7.90. The van der Waals surface area contributed by atoms with Crippen LogP contribution in [0.1, 0.15) is 32.9 Å². The van der Waals surface area contributed by atoms with E-state index < -0.39 is 0 Å². The normalized spacial score (nSPS) is 22.8. The smallest absolute Gasteiger partial charge is 0.0843 e. The molecule has 4 nitrogen and oxygen atoms in total. The lowest BCUT2D eigenvalue weighted by Gasteiger charge is -2.45. The molecule has 0 bridgehead atoms. The summed E-state index contributed by atoms with van der Waals surface area (Å²) in [5, 5.41) is 9.68. The summed E-state index contributed by atoms with van der Waals surface area (Å²) >= 11 is 0. The molecule has 1 fully saturated rings. The molecule has 1 aromatic carbocycles. The van der Waals surface area contributed by atoms with E-state index in [4.69, 9.17) is 5.10 Å². The molecule has 3 rings (SSSR count). The zero-order chi connectivity index (χ0) is 15.0. The average Bonchev–Trinajstić information content (AvgIpc) is 2.78. The standard InChI is InChI=1S/C17H26N4/c1-5-13-10-21(17(2,3)12-18-13)11-15-14-8-6-7-9-16(14)20(4)19-15/h6-9,13,18H,5,10-12H2,1-4H3. The predicted molar refractivity (Wildman–Crippen MR) is 87.3 cm³/mol. The van der Waals surface area contributed by atoms with Crippen molar-refractivity contribution in [3.8, 4) is 0 Å². The monoisotopic (exact) mass is 286 g/mol. The molecule has 1 N–H and O–H groups in total. The van der Waals surface area contributed by atoms with Crippen molar-refractivity contribution in [3.63, 3.8) is 0 Å². The molecule has 1 saturated heterocycles. The molecule has 0 saturated carbocycles. The molecule has 0 aliphatic carbocycles. The number of nitrogens with one attached hydrogen (secondary N) is 1. The molecule has 114 valence electrons. The number of aromatic nitrogens is 2. The Kier molecular flexibility index (Phi) is 3.76. The fourth-order valence-corrected chi connectivity index (χ4v) is 3.22. The zero-order valence-electron chi connectivity index (χ0n) is 13.6. The van der Waals surface area contributed by atoms with Crippen molar-refractivity contribution >= 4 is 10.9 Å². The van der Waals surface area contributed by atoms with Crippen LogP contribution in [0.4, 0.5) is 0 Å². The number of hydrogen-bond acceptors (Lipinski definition) is 3. The van der Waals surface area contributed by atoms with Gasteiger partial charge in [0.15, 0.2) is 0 Å². The molecule has 0 spiro atoms. The molecule has 1 aromatic heterocycles. The maximum atomic E-state index is 4.75. The van der Waals surface area contributed by atoms with Gasteiger partial charge in [-0.1, -0.05) is 25.1 Å². The van der Waals surface area contributed by atoms with Gasteiger partial charge in [-0.05, 0) is 26.3 Å². The lowest BCUT2D eigenvalue weighted by atomic mass is 9.96. The second kappa shape index (κ2) is 5.43. The molecule has 2 heterocycles. The van der Waals surface area contributed by atoms with Gasteiger partial charge in [0.05, 0.1) is 11.2 Å². The predicted octanol–water partition coefficient (Wildman–Crippen LogP) is 2.54. The van der Waals surface area contributed by atoms with E-state index in [0.29, 0.717) is 6.04 Å². The van der Waals surface area contributed by atoms with Crippen LogP contribution in [-0.4, -0.2) is 39.4 Å². The van der Waals surface area contributed by atoms with E-state index in [1.54, 1.807) is 0 Å². The Bertz CT molecular complexity index is 629. The van der Waals surface area contributed by atoms with E-state index in [2.05, 4.69) is 55.3 Å². The van der Waals surface area contributed by atoms with Crippen LogP contribution in [0.2, 0.25) is 0 Å². The van der Waals surface area contributed by atoms with E-state index in [1.165, 1.54) is 23.0 Å². The van der Waals surface area contributed by atoms with Gasteiger partial charge in [0.1, 0.15) is 0 Å². The Labute approximate surface area is 127 Å². The number of rotatable bonds is 3. The third-order valence-electron chi connectivity index (χ3n) is 4.79. The van der Waals surface area contributed by atoms with Gasteiger partial charge >= 0.3 is 0 Å². The van der Waals surface area contributed by atoms with Crippen LogP contribution >= 0.6 is 0 Å². The Morgan fingerprint density at radius 3 is 2.86 bits per heavy atom. The highest BCUT2D eigenvalue weighted by atomic mass is 15.3. The van der Waals surface area contributed by atoms with Crippen LogP contribution in [0.3, 0.4) is 0 Å². The van der Waals surface area contributed by atoms with E-state index >= 15 is 0 Å². The van der Waals surface area contributed by atoms with E-state index in [-0.39, 0.29) is 5.54 Å². The Balaban J connectivity index is 1.89. The Morgan fingerprint density at radius 1 is 1.33 bits per heavy atom. The highest BCUT2D eigenvalue weighted by Crippen LogP contribution is 2.25. The van der Waals surface area contributed by atoms with Gasteiger partial charge in [0.2, 0.25) is 0 Å². The summed E-state index contributed by atoms with van der Waals surface area (Å²) in [4.78, 5) is 2.58. The van der Waals surface area contributed by atoms with Crippen molar-refractivity contribution in [2.24, 2.45) is 7.05 Å². The topological polar surface area (TPSA) is 33.1 Å². The third kappa shape index (κ3) is 2.70. The van der Waals surface area contributed by atoms with Gasteiger partial charge in [-0.25, -0.2) is 0 Å². The molecule has 1 atom stereocenters. The molecule has 21 heavy (non-hydrogen) atoms. The highest BCUT2D eigenvalue weighted by molar-refractivity contribution is 5.81. The number of piperazine rings is 1. The first-order valence-corrected chi connectivity index (χ1v) is 7.90. The molecule has 1 unspecified atom stereocenters. The molecule has 0 radical (unpaired) electrons. The van der Waals surface area contributed by atoms with Crippen LogP contribution in [0.25, 0.3) is 10.9 Å². The van der Waals surface area contributed by atoms with E-state index in [1.807, 2.05) is 11.7 Å². The van der Waals surface area contributed by atoms with Crippen molar-refractivity contribution in [2.45, 2.75) is 45.3 Å². The number of hydrogen-bond donors (Lipinski definition) is 1. The van der Waals surface area contributed by atoms with Crippen LogP contribution in [-0.2, 0) is 13.6 Å². The van der Waals surface area contributed by atoms with E-state index in [9.17, 15) is 0 Å². The minimum Gasteiger partial charge on any atom is -0.311 e. The SMILES string of the molecule is CCC1CN(Cc2nn(C)c3ccccc23)C(C)(C)CN1. The molecule has 4 heteroatoms. The van der Waals surface area contributed by atoms with Gasteiger partial charge in [-0.3, -0.25) is 9.58 Å². The highest BCUT2D eigenvalue weighted by Gasteiger charge is 2.33. The van der Waals surface area contributed by atoms with Gasteiger partial charge in [0, 0.05) is 43.6 Å². The number of benzene rings is 1. The van der Waals surface area contributed by atoms with Crippen molar-refractivity contribution in [2.75, 3.05) is 13.1 Å². The zero-order valence-corrected chi connectivity index (χ0v) is 13.6. The third-order valence-corrected chi connectivity index (χ3v) is 4.79. The number of nitrogens with zero attached hydrogens (tertiary/aromatic N) is 3. The van der Waals surface area contributed by atoms with Gasteiger partial charge < -0.3 is 5.32 Å². The lowest BCUT2D eigenvalue weighted by molar-refractivity contribution is 0.0567. The number of fused-ring (bicyclic) bond motifs is 1. The average molecular weight is 286 g/mol. The first-order chi connectivity index (χ1) is 10.0. The molecule has 0 amide bonds. The van der Waals surface area contributed by atoms with Crippen molar-refractivity contribution < 1.29 is 0 Å². The second-order valence-corrected chi connectivity index (χ2v) is 6.77. The molecule has 1 aliphatic heterocycles. The van der Waals surface area contributed by atoms with Crippen molar-refractivity contribution in [1.29, 1.82) is 0 Å². The molecular formula is C17H26N4. The summed E-state index contributed by atoms with van der Waals surface area (Å²) in [6.45, 7) is 9.94. The number of aryl methyl sites for hydroxylation is 1. The largest absolute Gasteiger partial charge is 0.311 e. The minimum atomic E-state index is 0.171. The maximum Gasteiger partial charge on any atom is 0.0843 e. The second-order valence-electron chi connectivity index (χ2n) is 6.77. The first kappa shape index (κ1) is 14.5. The Hall–Kier alpha value is -1.39. The molecule has 1 aliphatic rings.